The molecule has 1 amide bonds. The molecule has 0 unspecified atom stereocenters. The molecule has 1 N–H and O–H groups in total. The highest BCUT2D eigenvalue weighted by Gasteiger charge is 2.47. The van der Waals surface area contributed by atoms with Gasteiger partial charge in [-0.1, -0.05) is 13.0 Å². The number of fused-ring (bicyclic) bond motifs is 1. The normalized spacial score (nSPS) is 30.0. The molecule has 0 bridgehead atoms. The summed E-state index contributed by atoms with van der Waals surface area (Å²) in [6, 6.07) is 6.61. The fourth-order valence-corrected chi connectivity index (χ4v) is 4.56. The van der Waals surface area contributed by atoms with Crippen molar-refractivity contribution < 1.29 is 14.3 Å². The van der Waals surface area contributed by atoms with E-state index in [0.717, 1.165) is 50.3 Å². The number of carbonyl (C=O) groups excluding carboxylic acids is 1. The summed E-state index contributed by atoms with van der Waals surface area (Å²) in [7, 11) is 0. The Hall–Kier alpha value is -1.75. The highest BCUT2D eigenvalue weighted by atomic mass is 16.7. The van der Waals surface area contributed by atoms with Crippen molar-refractivity contribution in [2.45, 2.75) is 57.2 Å². The molecule has 0 saturated carbocycles. The van der Waals surface area contributed by atoms with Gasteiger partial charge >= 0.3 is 0 Å². The SMILES string of the molecule is CC[C@H]1N(Cc2ccc3c(c2)OCO3)CCC[C@]12CCC(=O)N2. The van der Waals surface area contributed by atoms with Gasteiger partial charge in [-0.3, -0.25) is 9.69 Å². The van der Waals surface area contributed by atoms with Gasteiger partial charge in [0.2, 0.25) is 12.7 Å². The van der Waals surface area contributed by atoms with Crippen molar-refractivity contribution in [1.29, 1.82) is 0 Å². The smallest absolute Gasteiger partial charge is 0.231 e. The van der Waals surface area contributed by atoms with Gasteiger partial charge in [0.15, 0.2) is 11.5 Å². The Balaban J connectivity index is 1.54. The Labute approximate surface area is 136 Å². The van der Waals surface area contributed by atoms with E-state index in [0.29, 0.717) is 19.3 Å². The number of nitrogens with zero attached hydrogens (tertiary/aromatic N) is 1. The van der Waals surface area contributed by atoms with Crippen LogP contribution >= 0.6 is 0 Å². The zero-order valence-corrected chi connectivity index (χ0v) is 13.6. The average molecular weight is 316 g/mol. The topological polar surface area (TPSA) is 50.8 Å². The van der Waals surface area contributed by atoms with Crippen LogP contribution in [0.25, 0.3) is 0 Å². The largest absolute Gasteiger partial charge is 0.454 e. The third kappa shape index (κ3) is 2.57. The van der Waals surface area contributed by atoms with Crippen LogP contribution in [0.4, 0.5) is 0 Å². The van der Waals surface area contributed by atoms with Crippen LogP contribution in [0.3, 0.4) is 0 Å². The Kier molecular flexibility index (Phi) is 3.68. The van der Waals surface area contributed by atoms with Crippen molar-refractivity contribution in [2.24, 2.45) is 0 Å². The van der Waals surface area contributed by atoms with Gasteiger partial charge in [0.25, 0.3) is 0 Å². The lowest BCUT2D eigenvalue weighted by atomic mass is 9.78. The first kappa shape index (κ1) is 14.8. The number of rotatable bonds is 3. The van der Waals surface area contributed by atoms with E-state index in [-0.39, 0.29) is 11.4 Å². The van der Waals surface area contributed by atoms with E-state index in [1.54, 1.807) is 0 Å². The molecule has 3 aliphatic rings. The monoisotopic (exact) mass is 316 g/mol. The molecule has 2 saturated heterocycles. The van der Waals surface area contributed by atoms with Gasteiger partial charge in [-0.2, -0.15) is 0 Å². The van der Waals surface area contributed by atoms with Crippen LogP contribution in [-0.2, 0) is 11.3 Å². The molecular weight excluding hydrogens is 292 g/mol. The first-order valence-corrected chi connectivity index (χ1v) is 8.64. The molecule has 0 radical (unpaired) electrons. The van der Waals surface area contributed by atoms with Crippen molar-refractivity contribution in [3.05, 3.63) is 23.8 Å². The number of nitrogens with one attached hydrogen (secondary N) is 1. The van der Waals surface area contributed by atoms with Crippen LogP contribution in [0.1, 0.15) is 44.6 Å². The van der Waals surface area contributed by atoms with E-state index in [1.165, 1.54) is 5.56 Å². The molecule has 0 aliphatic carbocycles. The third-order valence-electron chi connectivity index (χ3n) is 5.54. The van der Waals surface area contributed by atoms with E-state index in [4.69, 9.17) is 9.47 Å². The molecular formula is C18H24N2O3. The van der Waals surface area contributed by atoms with Crippen molar-refractivity contribution >= 4 is 5.91 Å². The van der Waals surface area contributed by atoms with E-state index in [2.05, 4.69) is 29.3 Å². The van der Waals surface area contributed by atoms with Crippen LogP contribution in [-0.4, -0.2) is 35.7 Å². The minimum absolute atomic E-state index is 0.0135. The Bertz CT molecular complexity index is 618. The molecule has 2 fully saturated rings. The molecule has 23 heavy (non-hydrogen) atoms. The maximum Gasteiger partial charge on any atom is 0.231 e. The third-order valence-corrected chi connectivity index (χ3v) is 5.54. The molecule has 5 heteroatoms. The summed E-state index contributed by atoms with van der Waals surface area (Å²) < 4.78 is 10.9. The number of benzene rings is 1. The predicted octanol–water partition coefficient (Wildman–Crippen LogP) is 2.44. The van der Waals surface area contributed by atoms with Gasteiger partial charge in [-0.15, -0.1) is 0 Å². The zero-order chi connectivity index (χ0) is 15.9. The highest BCUT2D eigenvalue weighted by Crippen LogP contribution is 2.38. The van der Waals surface area contributed by atoms with E-state index < -0.39 is 0 Å². The molecule has 3 heterocycles. The van der Waals surface area contributed by atoms with Gasteiger partial charge in [-0.05, 0) is 49.9 Å². The molecule has 4 rings (SSSR count). The molecule has 124 valence electrons. The summed E-state index contributed by atoms with van der Waals surface area (Å²) in [6.07, 6.45) is 4.96. The maximum atomic E-state index is 11.8. The number of amides is 1. The van der Waals surface area contributed by atoms with Gasteiger partial charge in [0.05, 0.1) is 5.54 Å². The first-order valence-electron chi connectivity index (χ1n) is 8.64. The molecule has 3 aliphatic heterocycles. The number of ether oxygens (including phenoxy) is 2. The second-order valence-electron chi connectivity index (χ2n) is 6.89. The van der Waals surface area contributed by atoms with Gasteiger partial charge in [-0.25, -0.2) is 0 Å². The number of hydrogen-bond acceptors (Lipinski definition) is 4. The van der Waals surface area contributed by atoms with E-state index in [9.17, 15) is 4.79 Å². The standard InChI is InChI=1S/C18H24N2O3/c1-2-16-18(8-6-17(21)19-18)7-3-9-20(16)11-13-4-5-14-15(10-13)23-12-22-14/h4-5,10,16H,2-3,6-9,11-12H2,1H3,(H,19,21)/t16-,18+/m1/s1. The zero-order valence-electron chi connectivity index (χ0n) is 13.6. The number of likely N-dealkylation sites (tertiary alicyclic amines) is 1. The summed E-state index contributed by atoms with van der Waals surface area (Å²) in [4.78, 5) is 14.3. The summed E-state index contributed by atoms with van der Waals surface area (Å²) in [5, 5.41) is 3.30. The first-order chi connectivity index (χ1) is 11.2. The molecule has 1 aromatic rings. The lowest BCUT2D eigenvalue weighted by molar-refractivity contribution is -0.120. The molecule has 1 aromatic carbocycles. The second-order valence-corrected chi connectivity index (χ2v) is 6.89. The summed E-state index contributed by atoms with van der Waals surface area (Å²) in [6.45, 7) is 4.53. The minimum atomic E-state index is -0.0135. The lowest BCUT2D eigenvalue weighted by Gasteiger charge is -2.48. The Morgan fingerprint density at radius 3 is 2.96 bits per heavy atom. The predicted molar refractivity (Wildman–Crippen MR) is 86.4 cm³/mol. The van der Waals surface area contributed by atoms with E-state index in [1.807, 2.05) is 6.07 Å². The molecule has 2 atom stereocenters. The summed E-state index contributed by atoms with van der Waals surface area (Å²) in [5.74, 6) is 1.89. The van der Waals surface area contributed by atoms with Crippen molar-refractivity contribution in [1.82, 2.24) is 10.2 Å². The number of hydrogen-bond donors (Lipinski definition) is 1. The molecule has 1 spiro atoms. The van der Waals surface area contributed by atoms with Crippen molar-refractivity contribution in [3.63, 3.8) is 0 Å². The second kappa shape index (κ2) is 5.71. The van der Waals surface area contributed by atoms with Gasteiger partial charge < -0.3 is 14.8 Å². The minimum Gasteiger partial charge on any atom is -0.454 e. The number of piperidine rings is 1. The lowest BCUT2D eigenvalue weighted by Crippen LogP contribution is -2.61. The van der Waals surface area contributed by atoms with Crippen LogP contribution in [0.2, 0.25) is 0 Å². The van der Waals surface area contributed by atoms with Crippen LogP contribution in [0.15, 0.2) is 18.2 Å². The fourth-order valence-electron chi connectivity index (χ4n) is 4.56. The van der Waals surface area contributed by atoms with Crippen LogP contribution in [0, 0.1) is 0 Å². The van der Waals surface area contributed by atoms with Gasteiger partial charge in [0.1, 0.15) is 0 Å². The van der Waals surface area contributed by atoms with Gasteiger partial charge in [0, 0.05) is 19.0 Å². The van der Waals surface area contributed by atoms with Crippen LogP contribution < -0.4 is 14.8 Å². The molecule has 5 nitrogen and oxygen atoms in total. The average Bonchev–Trinajstić information content (AvgIpc) is 3.14. The fraction of sp³-hybridized carbons (Fsp3) is 0.611. The maximum absolute atomic E-state index is 11.8. The van der Waals surface area contributed by atoms with E-state index >= 15 is 0 Å². The Morgan fingerprint density at radius 1 is 1.30 bits per heavy atom. The summed E-state index contributed by atoms with van der Waals surface area (Å²) >= 11 is 0. The van der Waals surface area contributed by atoms with Crippen molar-refractivity contribution in [2.75, 3.05) is 13.3 Å². The summed E-state index contributed by atoms with van der Waals surface area (Å²) in [5.41, 5.74) is 1.23. The Morgan fingerprint density at radius 2 is 2.17 bits per heavy atom. The molecule has 0 aromatic heterocycles. The van der Waals surface area contributed by atoms with Crippen LogP contribution in [0.5, 0.6) is 11.5 Å². The number of carbonyl (C=O) groups is 1. The van der Waals surface area contributed by atoms with Crippen molar-refractivity contribution in [3.8, 4) is 11.5 Å². The quantitative estimate of drug-likeness (QED) is 0.930. The highest BCUT2D eigenvalue weighted by molar-refractivity contribution is 5.79.